The molecule has 1 fully saturated rings. The summed E-state index contributed by atoms with van der Waals surface area (Å²) in [7, 11) is 1.31. The van der Waals surface area contributed by atoms with E-state index in [1.54, 1.807) is 10.9 Å². The number of rotatable bonds is 9. The molecule has 10 nitrogen and oxygen atoms in total. The van der Waals surface area contributed by atoms with Crippen molar-refractivity contribution >= 4 is 17.6 Å². The van der Waals surface area contributed by atoms with Crippen LogP contribution in [0.2, 0.25) is 0 Å². The molecule has 6 rings (SSSR count). The Hall–Kier alpha value is -4.54. The number of nitrogens with zero attached hydrogens (tertiary/aromatic N) is 4. The summed E-state index contributed by atoms with van der Waals surface area (Å²) in [5, 5.41) is 11.2. The zero-order valence-electron chi connectivity index (χ0n) is 22.7. The first-order valence-electron chi connectivity index (χ1n) is 13.6. The third-order valence-corrected chi connectivity index (χ3v) is 7.51. The van der Waals surface area contributed by atoms with Gasteiger partial charge in [-0.15, -0.1) is 5.10 Å². The summed E-state index contributed by atoms with van der Waals surface area (Å²) in [6.07, 6.45) is 2.09. The van der Waals surface area contributed by atoms with Crippen molar-refractivity contribution in [1.82, 2.24) is 19.9 Å². The smallest absolute Gasteiger partial charge is 0.360 e. The predicted octanol–water partition coefficient (Wildman–Crippen LogP) is 4.13. The predicted molar refractivity (Wildman–Crippen MR) is 150 cm³/mol. The molecule has 210 valence electrons. The van der Waals surface area contributed by atoms with Crippen LogP contribution in [0.5, 0.6) is 5.75 Å². The number of carbonyl (C=O) groups excluding carboxylic acids is 2. The van der Waals surface area contributed by atoms with Crippen LogP contribution in [-0.4, -0.2) is 51.5 Å². The van der Waals surface area contributed by atoms with E-state index in [0.717, 1.165) is 33.7 Å². The molecule has 0 spiro atoms. The third-order valence-electron chi connectivity index (χ3n) is 7.51. The van der Waals surface area contributed by atoms with Gasteiger partial charge in [0.05, 0.1) is 38.6 Å². The highest BCUT2D eigenvalue weighted by molar-refractivity contribution is 5.95. The van der Waals surface area contributed by atoms with Crippen LogP contribution in [0.25, 0.3) is 0 Å². The molecule has 1 saturated heterocycles. The maximum absolute atomic E-state index is 13.6. The van der Waals surface area contributed by atoms with E-state index in [1.807, 2.05) is 72.8 Å². The van der Waals surface area contributed by atoms with Crippen molar-refractivity contribution in [1.29, 1.82) is 0 Å². The summed E-state index contributed by atoms with van der Waals surface area (Å²) in [6, 6.07) is 23.3. The van der Waals surface area contributed by atoms with E-state index in [4.69, 9.17) is 14.2 Å². The molecule has 3 aromatic carbocycles. The van der Waals surface area contributed by atoms with Gasteiger partial charge < -0.3 is 19.5 Å². The first-order chi connectivity index (χ1) is 20.1. The highest BCUT2D eigenvalue weighted by Gasteiger charge is 2.38. The van der Waals surface area contributed by atoms with Crippen molar-refractivity contribution in [3.63, 3.8) is 0 Å². The number of anilines is 1. The molecule has 0 radical (unpaired) electrons. The van der Waals surface area contributed by atoms with Crippen molar-refractivity contribution in [2.45, 2.75) is 44.9 Å². The van der Waals surface area contributed by atoms with Crippen molar-refractivity contribution in [3.05, 3.63) is 107 Å². The lowest BCUT2D eigenvalue weighted by Crippen LogP contribution is -2.39. The molecule has 1 amide bonds. The van der Waals surface area contributed by atoms with Crippen molar-refractivity contribution in [3.8, 4) is 5.75 Å². The number of hydrogen-bond acceptors (Lipinski definition) is 8. The first-order valence-corrected chi connectivity index (χ1v) is 13.6. The van der Waals surface area contributed by atoms with Crippen LogP contribution in [-0.2, 0) is 40.6 Å². The fourth-order valence-corrected chi connectivity index (χ4v) is 5.31. The molecule has 41 heavy (non-hydrogen) atoms. The third kappa shape index (κ3) is 6.13. The number of fused-ring (bicyclic) bond motifs is 1. The fourth-order valence-electron chi connectivity index (χ4n) is 5.31. The number of likely N-dealkylation sites (tertiary alicyclic amines) is 1. The number of methoxy groups -OCH3 is 1. The van der Waals surface area contributed by atoms with Crippen molar-refractivity contribution < 1.29 is 23.8 Å². The molecule has 0 unspecified atom stereocenters. The SMILES string of the molecule is COC(=O)c1cn([C@@H]2C[C@@H](C(=O)Nc3ccc4c(c3)COC4)N(Cc3ccc(OCc4ccccc4)cc3)C2)nn1. The Morgan fingerprint density at radius 3 is 2.61 bits per heavy atom. The number of esters is 1. The van der Waals surface area contributed by atoms with Gasteiger partial charge in [0.15, 0.2) is 5.69 Å². The van der Waals surface area contributed by atoms with Gasteiger partial charge in [0.1, 0.15) is 12.4 Å². The van der Waals surface area contributed by atoms with Gasteiger partial charge in [-0.05, 0) is 52.9 Å². The van der Waals surface area contributed by atoms with Gasteiger partial charge in [-0.25, -0.2) is 9.48 Å². The van der Waals surface area contributed by atoms with E-state index in [2.05, 4.69) is 20.5 Å². The molecule has 1 N–H and O–H groups in total. The minimum absolute atomic E-state index is 0.0949. The molecular formula is C31H31N5O5. The maximum Gasteiger partial charge on any atom is 0.360 e. The second-order valence-electron chi connectivity index (χ2n) is 10.3. The van der Waals surface area contributed by atoms with E-state index in [-0.39, 0.29) is 17.6 Å². The molecule has 2 aliphatic rings. The molecule has 0 aliphatic carbocycles. The Morgan fingerprint density at radius 2 is 1.80 bits per heavy atom. The number of benzene rings is 3. The number of nitrogens with one attached hydrogen (secondary N) is 1. The number of carbonyl (C=O) groups is 2. The zero-order valence-corrected chi connectivity index (χ0v) is 22.7. The van der Waals surface area contributed by atoms with E-state index in [0.29, 0.717) is 39.3 Å². The lowest BCUT2D eigenvalue weighted by molar-refractivity contribution is -0.120. The lowest BCUT2D eigenvalue weighted by Gasteiger charge is -2.23. The van der Waals surface area contributed by atoms with Crippen molar-refractivity contribution in [2.24, 2.45) is 0 Å². The largest absolute Gasteiger partial charge is 0.489 e. The monoisotopic (exact) mass is 553 g/mol. The van der Waals surface area contributed by atoms with Gasteiger partial charge in [0.25, 0.3) is 0 Å². The number of amides is 1. The van der Waals surface area contributed by atoms with Crippen LogP contribution in [0.4, 0.5) is 5.69 Å². The summed E-state index contributed by atoms with van der Waals surface area (Å²) in [4.78, 5) is 27.7. The van der Waals surface area contributed by atoms with Crippen LogP contribution in [0.15, 0.2) is 79.0 Å². The van der Waals surface area contributed by atoms with Gasteiger partial charge in [0, 0.05) is 18.8 Å². The van der Waals surface area contributed by atoms with E-state index in [1.165, 1.54) is 7.11 Å². The molecule has 1 aromatic heterocycles. The first kappa shape index (κ1) is 26.7. The highest BCUT2D eigenvalue weighted by atomic mass is 16.5. The molecule has 10 heteroatoms. The van der Waals surface area contributed by atoms with Gasteiger partial charge in [-0.3, -0.25) is 9.69 Å². The van der Waals surface area contributed by atoms with Gasteiger partial charge >= 0.3 is 5.97 Å². The minimum Gasteiger partial charge on any atom is -0.489 e. The summed E-state index contributed by atoms with van der Waals surface area (Å²) in [5.74, 6) is 0.141. The van der Waals surface area contributed by atoms with E-state index in [9.17, 15) is 9.59 Å². The second-order valence-corrected chi connectivity index (χ2v) is 10.3. The van der Waals surface area contributed by atoms with Crippen LogP contribution >= 0.6 is 0 Å². The zero-order chi connectivity index (χ0) is 28.2. The number of ether oxygens (including phenoxy) is 3. The topological polar surface area (TPSA) is 108 Å². The molecule has 3 heterocycles. The fraction of sp³-hybridized carbons (Fsp3) is 0.290. The van der Waals surface area contributed by atoms with Crippen LogP contribution in [0.3, 0.4) is 0 Å². The standard InChI is InChI=1S/C31H31N5O5/c1-39-31(38)28-17-36(34-33-28)26-14-29(30(37)32-25-10-9-23-19-40-20-24(23)13-25)35(16-26)15-21-7-11-27(12-8-21)41-18-22-5-3-2-4-6-22/h2-13,17,26,29H,14-16,18-20H2,1H3,(H,32,37)/t26-,29+/m1/s1. The summed E-state index contributed by atoms with van der Waals surface area (Å²) in [6.45, 7) is 2.77. The molecule has 2 aliphatic heterocycles. The van der Waals surface area contributed by atoms with Gasteiger partial charge in [0.2, 0.25) is 5.91 Å². The Morgan fingerprint density at radius 1 is 1.00 bits per heavy atom. The summed E-state index contributed by atoms with van der Waals surface area (Å²) < 4.78 is 17.9. The normalized spacial score (nSPS) is 18.2. The highest BCUT2D eigenvalue weighted by Crippen LogP contribution is 2.31. The Balaban J connectivity index is 1.17. The minimum atomic E-state index is -0.546. The Labute approximate surface area is 237 Å². The van der Waals surface area contributed by atoms with Gasteiger partial charge in [-0.1, -0.05) is 53.7 Å². The Kier molecular flexibility index (Phi) is 7.75. The molecular weight excluding hydrogens is 522 g/mol. The summed E-state index contributed by atoms with van der Waals surface area (Å²) in [5.41, 5.74) is 5.28. The Bertz CT molecular complexity index is 1520. The van der Waals surface area contributed by atoms with Crippen LogP contribution in [0, 0.1) is 0 Å². The quantitative estimate of drug-likeness (QED) is 0.309. The van der Waals surface area contributed by atoms with Crippen LogP contribution in [0.1, 0.15) is 45.2 Å². The summed E-state index contributed by atoms with van der Waals surface area (Å²) >= 11 is 0. The average Bonchev–Trinajstić information content (AvgIpc) is 3.77. The molecule has 4 aromatic rings. The average molecular weight is 554 g/mol. The molecule has 0 saturated carbocycles. The maximum atomic E-state index is 13.6. The van der Waals surface area contributed by atoms with Gasteiger partial charge in [-0.2, -0.15) is 0 Å². The second kappa shape index (κ2) is 11.9. The van der Waals surface area contributed by atoms with Crippen molar-refractivity contribution in [2.75, 3.05) is 19.0 Å². The lowest BCUT2D eigenvalue weighted by atomic mass is 10.1. The van der Waals surface area contributed by atoms with E-state index >= 15 is 0 Å². The number of hydrogen-bond donors (Lipinski definition) is 1. The molecule has 2 atom stereocenters. The van der Waals surface area contributed by atoms with Crippen LogP contribution < -0.4 is 10.1 Å². The van der Waals surface area contributed by atoms with E-state index < -0.39 is 12.0 Å². The molecule has 0 bridgehead atoms. The number of aromatic nitrogens is 3.